The fourth-order valence-corrected chi connectivity index (χ4v) is 3.55. The van der Waals surface area contributed by atoms with Crippen LogP contribution in [0.15, 0.2) is 18.2 Å². The van der Waals surface area contributed by atoms with Gasteiger partial charge in [0.15, 0.2) is 0 Å². The molecule has 3 rings (SSSR count). The molecule has 0 radical (unpaired) electrons. The Kier molecular flexibility index (Phi) is 3.25. The number of nitrogens with two attached hydrogens (primary N) is 1. The van der Waals surface area contributed by atoms with Gasteiger partial charge in [0.25, 0.3) is 0 Å². The fraction of sp³-hybridized carbons (Fsp3) is 0.625. The molecule has 0 bridgehead atoms. The summed E-state index contributed by atoms with van der Waals surface area (Å²) in [6.07, 6.45) is 6.56. The molecule has 2 nitrogen and oxygen atoms in total. The molecule has 1 aromatic rings. The highest BCUT2D eigenvalue weighted by Crippen LogP contribution is 2.45. The van der Waals surface area contributed by atoms with Crippen LogP contribution in [0.2, 0.25) is 0 Å². The van der Waals surface area contributed by atoms with Crippen molar-refractivity contribution in [3.8, 4) is 5.75 Å². The summed E-state index contributed by atoms with van der Waals surface area (Å²) >= 11 is 0. The predicted molar refractivity (Wildman–Crippen MR) is 73.6 cm³/mol. The highest BCUT2D eigenvalue weighted by Gasteiger charge is 2.40. The van der Waals surface area contributed by atoms with Gasteiger partial charge in [0, 0.05) is 24.1 Å². The van der Waals surface area contributed by atoms with E-state index >= 15 is 0 Å². The van der Waals surface area contributed by atoms with Gasteiger partial charge in [0.2, 0.25) is 0 Å². The Morgan fingerprint density at radius 1 is 1.32 bits per heavy atom. The second-order valence-corrected chi connectivity index (χ2v) is 6.31. The van der Waals surface area contributed by atoms with Crippen LogP contribution >= 0.6 is 0 Å². The lowest BCUT2D eigenvalue weighted by atomic mass is 9.82. The summed E-state index contributed by atoms with van der Waals surface area (Å²) < 4.78 is 19.6. The van der Waals surface area contributed by atoms with E-state index < -0.39 is 0 Å². The summed E-state index contributed by atoms with van der Waals surface area (Å²) in [6, 6.07) is 4.69. The molecular weight excluding hydrogens is 241 g/mol. The average Bonchev–Trinajstić information content (AvgIpc) is 2.52. The van der Waals surface area contributed by atoms with Gasteiger partial charge in [-0.15, -0.1) is 0 Å². The lowest BCUT2D eigenvalue weighted by Gasteiger charge is -2.41. The maximum Gasteiger partial charge on any atom is 0.127 e. The molecule has 1 aliphatic carbocycles. The standard InChI is InChI=1S/C16H22FNO/c1-11-3-2-7-16(8-6-11)10-14(18)13-5-4-12(17)9-15(13)19-16/h4-5,9,11,14H,2-3,6-8,10,18H2,1H3/t11?,14-,16?/m1/s1. The van der Waals surface area contributed by atoms with E-state index in [0.717, 1.165) is 30.7 Å². The van der Waals surface area contributed by atoms with Crippen LogP contribution in [0.3, 0.4) is 0 Å². The highest BCUT2D eigenvalue weighted by atomic mass is 19.1. The summed E-state index contributed by atoms with van der Waals surface area (Å²) in [5.41, 5.74) is 7.07. The number of ether oxygens (including phenoxy) is 1. The third kappa shape index (κ3) is 2.48. The minimum atomic E-state index is -0.245. The molecule has 3 heteroatoms. The Bertz CT molecular complexity index is 476. The van der Waals surface area contributed by atoms with E-state index in [1.807, 2.05) is 0 Å². The van der Waals surface area contributed by atoms with Crippen molar-refractivity contribution in [3.05, 3.63) is 29.6 Å². The molecule has 1 fully saturated rings. The van der Waals surface area contributed by atoms with Crippen LogP contribution in [0.5, 0.6) is 5.75 Å². The summed E-state index contributed by atoms with van der Waals surface area (Å²) in [5.74, 6) is 1.17. The second-order valence-electron chi connectivity index (χ2n) is 6.31. The topological polar surface area (TPSA) is 35.2 Å². The van der Waals surface area contributed by atoms with Crippen LogP contribution in [0.25, 0.3) is 0 Å². The summed E-state index contributed by atoms with van der Waals surface area (Å²) in [4.78, 5) is 0. The zero-order valence-corrected chi connectivity index (χ0v) is 11.5. The lowest BCUT2D eigenvalue weighted by Crippen LogP contribution is -2.42. The molecule has 0 saturated heterocycles. The summed E-state index contributed by atoms with van der Waals surface area (Å²) in [6.45, 7) is 2.30. The van der Waals surface area contributed by atoms with E-state index in [1.54, 1.807) is 6.07 Å². The van der Waals surface area contributed by atoms with Crippen LogP contribution in [0.1, 0.15) is 57.1 Å². The van der Waals surface area contributed by atoms with E-state index in [1.165, 1.54) is 31.4 Å². The van der Waals surface area contributed by atoms with Crippen molar-refractivity contribution in [1.82, 2.24) is 0 Å². The smallest absolute Gasteiger partial charge is 0.127 e. The van der Waals surface area contributed by atoms with Crippen LogP contribution in [0.4, 0.5) is 4.39 Å². The maximum atomic E-state index is 13.4. The van der Waals surface area contributed by atoms with Crippen LogP contribution in [0, 0.1) is 11.7 Å². The average molecular weight is 263 g/mol. The number of rotatable bonds is 0. The molecule has 1 heterocycles. The normalized spacial score (nSPS) is 34.5. The van der Waals surface area contributed by atoms with Gasteiger partial charge in [-0.1, -0.05) is 19.4 Å². The van der Waals surface area contributed by atoms with Gasteiger partial charge in [-0.2, -0.15) is 0 Å². The Morgan fingerprint density at radius 2 is 2.16 bits per heavy atom. The first-order chi connectivity index (χ1) is 9.08. The van der Waals surface area contributed by atoms with Crippen molar-refractivity contribution < 1.29 is 9.13 Å². The Labute approximate surface area is 114 Å². The van der Waals surface area contributed by atoms with Crippen LogP contribution in [-0.4, -0.2) is 5.60 Å². The zero-order valence-electron chi connectivity index (χ0n) is 11.5. The Morgan fingerprint density at radius 3 is 3.00 bits per heavy atom. The van der Waals surface area contributed by atoms with Crippen molar-refractivity contribution >= 4 is 0 Å². The van der Waals surface area contributed by atoms with Crippen LogP contribution in [-0.2, 0) is 0 Å². The lowest BCUT2D eigenvalue weighted by molar-refractivity contribution is 0.0202. The molecule has 19 heavy (non-hydrogen) atoms. The monoisotopic (exact) mass is 263 g/mol. The van der Waals surface area contributed by atoms with E-state index in [2.05, 4.69) is 6.92 Å². The van der Waals surface area contributed by atoms with Gasteiger partial charge in [0.1, 0.15) is 17.2 Å². The second kappa shape index (κ2) is 4.78. The molecule has 104 valence electrons. The van der Waals surface area contributed by atoms with E-state index in [-0.39, 0.29) is 17.5 Å². The first-order valence-corrected chi connectivity index (χ1v) is 7.32. The largest absolute Gasteiger partial charge is 0.487 e. The van der Waals surface area contributed by atoms with Gasteiger partial charge in [-0.3, -0.25) is 0 Å². The van der Waals surface area contributed by atoms with Crippen molar-refractivity contribution in [2.75, 3.05) is 0 Å². The summed E-state index contributed by atoms with van der Waals surface area (Å²) in [5, 5.41) is 0. The molecule has 2 aliphatic rings. The van der Waals surface area contributed by atoms with Gasteiger partial charge >= 0.3 is 0 Å². The van der Waals surface area contributed by atoms with Gasteiger partial charge < -0.3 is 10.5 Å². The van der Waals surface area contributed by atoms with Crippen molar-refractivity contribution in [2.24, 2.45) is 11.7 Å². The summed E-state index contributed by atoms with van der Waals surface area (Å²) in [7, 11) is 0. The first kappa shape index (κ1) is 12.9. The quantitative estimate of drug-likeness (QED) is 0.769. The molecule has 1 aliphatic heterocycles. The van der Waals surface area contributed by atoms with Crippen molar-refractivity contribution in [3.63, 3.8) is 0 Å². The molecule has 2 N–H and O–H groups in total. The predicted octanol–water partition coefficient (Wildman–Crippen LogP) is 3.95. The van der Waals surface area contributed by atoms with E-state index in [4.69, 9.17) is 10.5 Å². The van der Waals surface area contributed by atoms with Crippen molar-refractivity contribution in [1.29, 1.82) is 0 Å². The van der Waals surface area contributed by atoms with E-state index in [0.29, 0.717) is 5.75 Å². The number of hydrogen-bond acceptors (Lipinski definition) is 2. The minimum Gasteiger partial charge on any atom is -0.487 e. The molecule has 0 amide bonds. The third-order valence-electron chi connectivity index (χ3n) is 4.72. The Hall–Kier alpha value is -1.09. The SMILES string of the molecule is CC1CCCC2(CC1)C[C@@H](N)c1ccc(F)cc1O2. The van der Waals surface area contributed by atoms with Gasteiger partial charge in [-0.05, 0) is 37.7 Å². The highest BCUT2D eigenvalue weighted by molar-refractivity contribution is 5.39. The molecule has 3 atom stereocenters. The third-order valence-corrected chi connectivity index (χ3v) is 4.72. The fourth-order valence-electron chi connectivity index (χ4n) is 3.55. The number of hydrogen-bond donors (Lipinski definition) is 1. The van der Waals surface area contributed by atoms with Gasteiger partial charge in [0.05, 0.1) is 0 Å². The maximum absolute atomic E-state index is 13.4. The molecule has 1 saturated carbocycles. The molecule has 1 spiro atoms. The Balaban J connectivity index is 1.90. The van der Waals surface area contributed by atoms with Gasteiger partial charge in [-0.25, -0.2) is 4.39 Å². The van der Waals surface area contributed by atoms with E-state index in [9.17, 15) is 4.39 Å². The molecule has 0 aromatic heterocycles. The van der Waals surface area contributed by atoms with Crippen molar-refractivity contribution in [2.45, 2.75) is 57.1 Å². The van der Waals surface area contributed by atoms with Crippen LogP contribution < -0.4 is 10.5 Å². The number of fused-ring (bicyclic) bond motifs is 1. The molecule has 1 aromatic carbocycles. The number of halogens is 1. The molecular formula is C16H22FNO. The number of benzene rings is 1. The first-order valence-electron chi connectivity index (χ1n) is 7.32. The minimum absolute atomic E-state index is 0.0299. The zero-order chi connectivity index (χ0) is 13.5. The molecule has 2 unspecified atom stereocenters.